The molecule has 0 saturated carbocycles. The monoisotopic (exact) mass is 442 g/mol. The number of hydrogen-bond donors (Lipinski definition) is 0. The van der Waals surface area contributed by atoms with E-state index >= 15 is 0 Å². The van der Waals surface area contributed by atoms with E-state index in [1.165, 1.54) is 17.4 Å². The molecule has 5 aromatic rings. The molecule has 0 aliphatic carbocycles. The number of para-hydroxylation sites is 1. The Kier molecular flexibility index (Phi) is 5.17. The minimum Gasteiger partial charge on any atom is -0.497 e. The van der Waals surface area contributed by atoms with Crippen LogP contribution in [0.2, 0.25) is 0 Å². The normalized spacial score (nSPS) is 11.0. The number of methoxy groups -OCH3 is 1. The van der Waals surface area contributed by atoms with Crippen LogP contribution in [0.3, 0.4) is 0 Å². The lowest BCUT2D eigenvalue weighted by molar-refractivity contribution is 0.0959. The predicted molar refractivity (Wildman–Crippen MR) is 126 cm³/mol. The summed E-state index contributed by atoms with van der Waals surface area (Å²) in [5.74, 6) is 0.236. The van der Waals surface area contributed by atoms with Crippen LogP contribution < -0.4 is 15.1 Å². The smallest absolute Gasteiger partial charge is 0.296 e. The third kappa shape index (κ3) is 3.74. The first-order valence-corrected chi connectivity index (χ1v) is 10.8. The van der Waals surface area contributed by atoms with Crippen molar-refractivity contribution in [2.75, 3.05) is 12.0 Å². The van der Waals surface area contributed by atoms with Crippen LogP contribution in [0.25, 0.3) is 21.2 Å². The zero-order valence-corrected chi connectivity index (χ0v) is 18.0. The average Bonchev–Trinajstić information content (AvgIpc) is 3.25. The predicted octanol–water partition coefficient (Wildman–Crippen LogP) is 5.26. The molecule has 5 rings (SSSR count). The molecule has 0 unspecified atom stereocenters. The summed E-state index contributed by atoms with van der Waals surface area (Å²) in [6.07, 6.45) is 0. The Morgan fingerprint density at radius 1 is 1.03 bits per heavy atom. The van der Waals surface area contributed by atoms with E-state index in [1.807, 2.05) is 48.5 Å². The second kappa shape index (κ2) is 8.28. The maximum Gasteiger partial charge on any atom is 0.296 e. The number of rotatable bonds is 5. The SMILES string of the molecule is COc1ccc2sc(N(Cc3ccccc3)C(=O)c3cc(=O)c4ccccc4o3)nc2c1. The maximum atomic E-state index is 13.6. The van der Waals surface area contributed by atoms with Gasteiger partial charge in [-0.2, -0.15) is 0 Å². The molecule has 2 heterocycles. The fourth-order valence-corrected chi connectivity index (χ4v) is 4.42. The number of hydrogen-bond acceptors (Lipinski definition) is 6. The maximum absolute atomic E-state index is 13.6. The molecule has 1 amide bonds. The van der Waals surface area contributed by atoms with Crippen molar-refractivity contribution in [3.05, 3.63) is 100 Å². The lowest BCUT2D eigenvalue weighted by atomic mass is 10.2. The highest BCUT2D eigenvalue weighted by Gasteiger charge is 2.25. The second-order valence-electron chi connectivity index (χ2n) is 7.18. The molecule has 0 bridgehead atoms. The van der Waals surface area contributed by atoms with Crippen LogP contribution in [0.5, 0.6) is 5.75 Å². The molecule has 32 heavy (non-hydrogen) atoms. The topological polar surface area (TPSA) is 72.6 Å². The molecule has 0 N–H and O–H groups in total. The molecular formula is C25H18N2O4S. The Morgan fingerprint density at radius 3 is 2.62 bits per heavy atom. The van der Waals surface area contributed by atoms with Gasteiger partial charge in [0.1, 0.15) is 11.3 Å². The molecular weight excluding hydrogens is 424 g/mol. The summed E-state index contributed by atoms with van der Waals surface area (Å²) >= 11 is 1.39. The van der Waals surface area contributed by atoms with Crippen molar-refractivity contribution in [2.24, 2.45) is 0 Å². The van der Waals surface area contributed by atoms with Gasteiger partial charge in [-0.3, -0.25) is 14.5 Å². The van der Waals surface area contributed by atoms with E-state index in [4.69, 9.17) is 9.15 Å². The van der Waals surface area contributed by atoms with Crippen LogP contribution in [0.4, 0.5) is 5.13 Å². The van der Waals surface area contributed by atoms with Crippen LogP contribution in [0, 0.1) is 0 Å². The summed E-state index contributed by atoms with van der Waals surface area (Å²) in [5, 5.41) is 0.948. The van der Waals surface area contributed by atoms with Gasteiger partial charge < -0.3 is 9.15 Å². The minimum atomic E-state index is -0.428. The summed E-state index contributed by atoms with van der Waals surface area (Å²) < 4.78 is 12.0. The summed E-state index contributed by atoms with van der Waals surface area (Å²) in [6, 6.07) is 23.4. The molecule has 0 spiro atoms. The quantitative estimate of drug-likeness (QED) is 0.371. The van der Waals surface area contributed by atoms with Crippen molar-refractivity contribution in [2.45, 2.75) is 6.54 Å². The van der Waals surface area contributed by atoms with E-state index in [-0.39, 0.29) is 17.7 Å². The van der Waals surface area contributed by atoms with Gasteiger partial charge in [0.25, 0.3) is 5.91 Å². The van der Waals surface area contributed by atoms with E-state index in [9.17, 15) is 9.59 Å². The Labute approximate surface area is 187 Å². The lowest BCUT2D eigenvalue weighted by Crippen LogP contribution is -2.31. The van der Waals surface area contributed by atoms with Crippen molar-refractivity contribution in [1.82, 2.24) is 4.98 Å². The number of aromatic nitrogens is 1. The lowest BCUT2D eigenvalue weighted by Gasteiger charge is -2.19. The molecule has 0 atom stereocenters. The fourth-order valence-electron chi connectivity index (χ4n) is 3.47. The van der Waals surface area contributed by atoms with Gasteiger partial charge in [-0.05, 0) is 29.8 Å². The van der Waals surface area contributed by atoms with Crippen molar-refractivity contribution in [3.8, 4) is 5.75 Å². The number of thiazole rings is 1. The Balaban J connectivity index is 1.61. The number of ether oxygens (including phenoxy) is 1. The summed E-state index contributed by atoms with van der Waals surface area (Å²) in [6.45, 7) is 0.285. The standard InChI is InChI=1S/C25H18N2O4S/c1-30-17-11-12-23-19(13-17)26-25(32-23)27(15-16-7-3-2-4-8-16)24(29)22-14-20(28)18-9-5-6-10-21(18)31-22/h2-14H,15H2,1H3. The number of nitrogens with zero attached hydrogens (tertiary/aromatic N) is 2. The highest BCUT2D eigenvalue weighted by Crippen LogP contribution is 2.33. The fraction of sp³-hybridized carbons (Fsp3) is 0.0800. The van der Waals surface area contributed by atoms with Gasteiger partial charge in [-0.15, -0.1) is 0 Å². The number of benzene rings is 3. The van der Waals surface area contributed by atoms with E-state index in [2.05, 4.69) is 4.98 Å². The van der Waals surface area contributed by atoms with Crippen molar-refractivity contribution in [1.29, 1.82) is 0 Å². The second-order valence-corrected chi connectivity index (χ2v) is 8.19. The third-order valence-electron chi connectivity index (χ3n) is 5.09. The summed E-state index contributed by atoms with van der Waals surface area (Å²) in [7, 11) is 1.60. The molecule has 3 aromatic carbocycles. The number of fused-ring (bicyclic) bond motifs is 2. The van der Waals surface area contributed by atoms with Gasteiger partial charge >= 0.3 is 0 Å². The van der Waals surface area contributed by atoms with E-state index < -0.39 is 5.91 Å². The largest absolute Gasteiger partial charge is 0.497 e. The first-order chi connectivity index (χ1) is 15.6. The molecule has 0 fully saturated rings. The van der Waals surface area contributed by atoms with Crippen molar-refractivity contribution >= 4 is 43.6 Å². The molecule has 2 aromatic heterocycles. The minimum absolute atomic E-state index is 0.0264. The highest BCUT2D eigenvalue weighted by molar-refractivity contribution is 7.22. The third-order valence-corrected chi connectivity index (χ3v) is 6.15. The first kappa shape index (κ1) is 20.0. The van der Waals surface area contributed by atoms with Crippen LogP contribution in [0.1, 0.15) is 16.1 Å². The van der Waals surface area contributed by atoms with Gasteiger partial charge in [-0.25, -0.2) is 4.98 Å². The Bertz CT molecular complexity index is 1490. The van der Waals surface area contributed by atoms with Gasteiger partial charge in [-0.1, -0.05) is 53.8 Å². The van der Waals surface area contributed by atoms with Crippen molar-refractivity contribution in [3.63, 3.8) is 0 Å². The first-order valence-electron chi connectivity index (χ1n) is 9.95. The summed E-state index contributed by atoms with van der Waals surface area (Å²) in [5.41, 5.74) is 1.77. The van der Waals surface area contributed by atoms with Gasteiger partial charge in [0.15, 0.2) is 16.3 Å². The number of anilines is 1. The van der Waals surface area contributed by atoms with Gasteiger partial charge in [0, 0.05) is 12.1 Å². The molecule has 0 saturated heterocycles. The van der Waals surface area contributed by atoms with Crippen LogP contribution in [0.15, 0.2) is 88.1 Å². The molecule has 0 radical (unpaired) electrons. The molecule has 158 valence electrons. The van der Waals surface area contributed by atoms with Crippen molar-refractivity contribution < 1.29 is 13.9 Å². The zero-order chi connectivity index (χ0) is 22.1. The molecule has 0 aliphatic heterocycles. The number of carbonyl (C=O) groups is 1. The number of carbonyl (C=O) groups excluding carboxylic acids is 1. The van der Waals surface area contributed by atoms with E-state index in [0.717, 1.165) is 15.8 Å². The molecule has 7 heteroatoms. The van der Waals surface area contributed by atoms with Gasteiger partial charge in [0.2, 0.25) is 0 Å². The summed E-state index contributed by atoms with van der Waals surface area (Å²) in [4.78, 5) is 32.4. The van der Waals surface area contributed by atoms with Gasteiger partial charge in [0.05, 0.1) is 29.3 Å². The highest BCUT2D eigenvalue weighted by atomic mass is 32.1. The Hall–Kier alpha value is -3.97. The average molecular weight is 442 g/mol. The van der Waals surface area contributed by atoms with E-state index in [0.29, 0.717) is 21.9 Å². The Morgan fingerprint density at radius 2 is 1.81 bits per heavy atom. The van der Waals surface area contributed by atoms with Crippen LogP contribution in [-0.2, 0) is 6.54 Å². The molecule has 0 aliphatic rings. The van der Waals surface area contributed by atoms with Crippen LogP contribution in [-0.4, -0.2) is 18.0 Å². The zero-order valence-electron chi connectivity index (χ0n) is 17.1. The molecule has 6 nitrogen and oxygen atoms in total. The van der Waals surface area contributed by atoms with Crippen LogP contribution >= 0.6 is 11.3 Å². The number of amides is 1. The van der Waals surface area contributed by atoms with E-state index in [1.54, 1.807) is 36.3 Å².